The summed E-state index contributed by atoms with van der Waals surface area (Å²) in [7, 11) is 0. The number of ether oxygens (including phenoxy) is 1. The van der Waals surface area contributed by atoms with Crippen LogP contribution in [0.15, 0.2) is 60.9 Å². The van der Waals surface area contributed by atoms with Crippen LogP contribution in [0.2, 0.25) is 0 Å². The van der Waals surface area contributed by atoms with Gasteiger partial charge in [-0.2, -0.15) is 0 Å². The zero-order valence-corrected chi connectivity index (χ0v) is 16.7. The van der Waals surface area contributed by atoms with Crippen LogP contribution in [0.25, 0.3) is 5.82 Å². The third-order valence-corrected chi connectivity index (χ3v) is 5.00. The molecule has 1 amide bonds. The Labute approximate surface area is 170 Å². The lowest BCUT2D eigenvalue weighted by molar-refractivity contribution is -0.138. The maximum Gasteiger partial charge on any atom is 0.263 e. The highest BCUT2D eigenvalue weighted by Crippen LogP contribution is 2.19. The van der Waals surface area contributed by atoms with Crippen molar-refractivity contribution >= 4 is 11.7 Å². The first kappa shape index (κ1) is 19.0. The molecule has 0 N–H and O–H groups in total. The second-order valence-electron chi connectivity index (χ2n) is 7.11. The molecule has 7 nitrogen and oxygen atoms in total. The number of aromatic nitrogens is 3. The van der Waals surface area contributed by atoms with Gasteiger partial charge in [0.25, 0.3) is 5.91 Å². The van der Waals surface area contributed by atoms with E-state index in [0.29, 0.717) is 18.8 Å². The summed E-state index contributed by atoms with van der Waals surface area (Å²) in [5, 5.41) is 0. The van der Waals surface area contributed by atoms with E-state index in [2.05, 4.69) is 14.9 Å². The number of amides is 1. The number of carbonyl (C=O) groups excluding carboxylic acids is 1. The number of rotatable bonds is 5. The minimum absolute atomic E-state index is 0.0143. The lowest BCUT2D eigenvalue weighted by Crippen LogP contribution is -2.52. The maximum absolute atomic E-state index is 12.8. The molecule has 0 bridgehead atoms. The normalized spacial score (nSPS) is 15.2. The molecule has 29 heavy (non-hydrogen) atoms. The molecule has 1 atom stereocenters. The summed E-state index contributed by atoms with van der Waals surface area (Å²) in [6.45, 7) is 6.45. The van der Waals surface area contributed by atoms with Crippen molar-refractivity contribution in [2.45, 2.75) is 20.0 Å². The number of para-hydroxylation sites is 1. The van der Waals surface area contributed by atoms with Crippen LogP contribution in [-0.2, 0) is 4.79 Å². The highest BCUT2D eigenvalue weighted by atomic mass is 16.5. The summed E-state index contributed by atoms with van der Waals surface area (Å²) >= 11 is 0. The standard InChI is InChI=1S/C22H25N5O2/c1-17(29-19-8-4-3-5-9-19)22(28)27-14-12-26(13-15-27)21-16-20(23-18(2)24-21)25-10-6-7-11-25/h3-11,16-17H,12-15H2,1-2H3/t17-/m0/s1. The molecule has 0 radical (unpaired) electrons. The van der Waals surface area contributed by atoms with E-state index in [0.717, 1.165) is 30.5 Å². The van der Waals surface area contributed by atoms with Crippen LogP contribution in [0.5, 0.6) is 5.75 Å². The van der Waals surface area contributed by atoms with Crippen molar-refractivity contribution in [1.82, 2.24) is 19.4 Å². The monoisotopic (exact) mass is 391 g/mol. The van der Waals surface area contributed by atoms with Crippen LogP contribution in [-0.4, -0.2) is 57.6 Å². The highest BCUT2D eigenvalue weighted by Gasteiger charge is 2.27. The molecular formula is C22H25N5O2. The first-order valence-electron chi connectivity index (χ1n) is 9.84. The van der Waals surface area contributed by atoms with Crippen molar-refractivity contribution in [2.75, 3.05) is 31.1 Å². The van der Waals surface area contributed by atoms with Crippen LogP contribution >= 0.6 is 0 Å². The first-order valence-corrected chi connectivity index (χ1v) is 9.84. The molecule has 0 aliphatic carbocycles. The predicted octanol–water partition coefficient (Wildman–Crippen LogP) is 2.69. The Hall–Kier alpha value is -3.35. The minimum Gasteiger partial charge on any atom is -0.481 e. The number of benzene rings is 1. The number of hydrogen-bond donors (Lipinski definition) is 0. The Bertz CT molecular complexity index is 951. The first-order chi connectivity index (χ1) is 14.1. The molecule has 1 aromatic carbocycles. The van der Waals surface area contributed by atoms with Crippen LogP contribution in [0.4, 0.5) is 5.82 Å². The summed E-state index contributed by atoms with van der Waals surface area (Å²) in [4.78, 5) is 26.0. The van der Waals surface area contributed by atoms with E-state index in [1.165, 1.54) is 0 Å². The summed E-state index contributed by atoms with van der Waals surface area (Å²) in [5.41, 5.74) is 0. The third kappa shape index (κ3) is 4.39. The van der Waals surface area contributed by atoms with Crippen molar-refractivity contribution in [3.63, 3.8) is 0 Å². The number of aryl methyl sites for hydroxylation is 1. The van der Waals surface area contributed by atoms with Gasteiger partial charge in [-0.3, -0.25) is 4.79 Å². The Kier molecular flexibility index (Phi) is 5.46. The fourth-order valence-corrected chi connectivity index (χ4v) is 3.48. The van der Waals surface area contributed by atoms with Crippen molar-refractivity contribution in [1.29, 1.82) is 0 Å². The molecular weight excluding hydrogens is 366 g/mol. The van der Waals surface area contributed by atoms with Crippen molar-refractivity contribution in [3.05, 3.63) is 66.7 Å². The Morgan fingerprint density at radius 2 is 1.62 bits per heavy atom. The van der Waals surface area contributed by atoms with E-state index in [4.69, 9.17) is 4.74 Å². The van der Waals surface area contributed by atoms with Crippen molar-refractivity contribution in [2.24, 2.45) is 0 Å². The average Bonchev–Trinajstić information content (AvgIpc) is 3.29. The molecule has 0 saturated carbocycles. The number of hydrogen-bond acceptors (Lipinski definition) is 5. The van der Waals surface area contributed by atoms with Gasteiger partial charge in [-0.15, -0.1) is 0 Å². The van der Waals surface area contributed by atoms with Gasteiger partial charge < -0.3 is 19.1 Å². The molecule has 1 saturated heterocycles. The fourth-order valence-electron chi connectivity index (χ4n) is 3.48. The van der Waals surface area contributed by atoms with Gasteiger partial charge in [-0.1, -0.05) is 18.2 Å². The summed E-state index contributed by atoms with van der Waals surface area (Å²) in [6, 6.07) is 15.4. The summed E-state index contributed by atoms with van der Waals surface area (Å²) in [5.74, 6) is 3.19. The number of carbonyl (C=O) groups is 1. The molecule has 7 heteroatoms. The van der Waals surface area contributed by atoms with Crippen LogP contribution in [0.1, 0.15) is 12.7 Å². The van der Waals surface area contributed by atoms with Crippen LogP contribution in [0.3, 0.4) is 0 Å². The molecule has 4 rings (SSSR count). The average molecular weight is 391 g/mol. The molecule has 0 spiro atoms. The van der Waals surface area contributed by atoms with Gasteiger partial charge in [-0.25, -0.2) is 9.97 Å². The molecule has 1 aliphatic heterocycles. The van der Waals surface area contributed by atoms with Gasteiger partial charge >= 0.3 is 0 Å². The van der Waals surface area contributed by atoms with E-state index in [1.54, 1.807) is 6.92 Å². The smallest absolute Gasteiger partial charge is 0.263 e. The molecule has 2 aromatic heterocycles. The van der Waals surface area contributed by atoms with Crippen LogP contribution in [0, 0.1) is 6.92 Å². The van der Waals surface area contributed by atoms with Crippen LogP contribution < -0.4 is 9.64 Å². The fraction of sp³-hybridized carbons (Fsp3) is 0.318. The molecule has 3 aromatic rings. The van der Waals surface area contributed by atoms with Gasteiger partial charge in [-0.05, 0) is 38.1 Å². The SMILES string of the molecule is Cc1nc(N2CCN(C(=O)[C@H](C)Oc3ccccc3)CC2)cc(-n2cccc2)n1. The zero-order valence-electron chi connectivity index (χ0n) is 16.7. The van der Waals surface area contributed by atoms with Crippen molar-refractivity contribution < 1.29 is 9.53 Å². The lowest BCUT2D eigenvalue weighted by atomic mass is 10.2. The van der Waals surface area contributed by atoms with Gasteiger partial charge in [0, 0.05) is 44.6 Å². The quantitative estimate of drug-likeness (QED) is 0.669. The second-order valence-corrected chi connectivity index (χ2v) is 7.11. The van der Waals surface area contributed by atoms with Gasteiger partial charge in [0.1, 0.15) is 23.2 Å². The zero-order chi connectivity index (χ0) is 20.2. The highest BCUT2D eigenvalue weighted by molar-refractivity contribution is 5.81. The molecule has 150 valence electrons. The van der Waals surface area contributed by atoms with E-state index in [9.17, 15) is 4.79 Å². The van der Waals surface area contributed by atoms with E-state index >= 15 is 0 Å². The lowest BCUT2D eigenvalue weighted by Gasteiger charge is -2.36. The van der Waals surface area contributed by atoms with E-state index < -0.39 is 6.10 Å². The summed E-state index contributed by atoms with van der Waals surface area (Å²) < 4.78 is 7.76. The number of anilines is 1. The molecule has 3 heterocycles. The predicted molar refractivity (Wildman–Crippen MR) is 111 cm³/mol. The van der Waals surface area contributed by atoms with E-state index in [-0.39, 0.29) is 5.91 Å². The molecule has 1 fully saturated rings. The summed E-state index contributed by atoms with van der Waals surface area (Å²) in [6.07, 6.45) is 3.43. The number of nitrogens with zero attached hydrogens (tertiary/aromatic N) is 5. The number of piperazine rings is 1. The molecule has 0 unspecified atom stereocenters. The van der Waals surface area contributed by atoms with Gasteiger partial charge in [0.2, 0.25) is 0 Å². The maximum atomic E-state index is 12.8. The minimum atomic E-state index is -0.509. The Morgan fingerprint density at radius 1 is 0.966 bits per heavy atom. The Morgan fingerprint density at radius 3 is 2.31 bits per heavy atom. The third-order valence-electron chi connectivity index (χ3n) is 5.00. The van der Waals surface area contributed by atoms with Gasteiger partial charge in [0.05, 0.1) is 0 Å². The topological polar surface area (TPSA) is 63.5 Å². The van der Waals surface area contributed by atoms with E-state index in [1.807, 2.05) is 77.3 Å². The van der Waals surface area contributed by atoms with Gasteiger partial charge in [0.15, 0.2) is 6.10 Å². The Balaban J connectivity index is 1.39. The largest absolute Gasteiger partial charge is 0.481 e. The van der Waals surface area contributed by atoms with Crippen molar-refractivity contribution in [3.8, 4) is 11.6 Å². The second kappa shape index (κ2) is 8.34. The molecule has 1 aliphatic rings.